The minimum Gasteiger partial charge on any atom is -0.468 e. The van der Waals surface area contributed by atoms with Gasteiger partial charge in [-0.1, -0.05) is 11.8 Å². The molecule has 0 saturated carbocycles. The van der Waals surface area contributed by atoms with Crippen LogP contribution < -0.4 is 5.56 Å². The van der Waals surface area contributed by atoms with Crippen LogP contribution in [0.2, 0.25) is 0 Å². The third-order valence-electron chi connectivity index (χ3n) is 1.78. The first-order valence-electron chi connectivity index (χ1n) is 4.47. The number of nitrogens with one attached hydrogen (secondary N) is 1. The number of hydrogen-bond donors (Lipinski definition) is 1. The van der Waals surface area contributed by atoms with E-state index in [1.807, 2.05) is 0 Å². The molecule has 0 amide bonds. The van der Waals surface area contributed by atoms with Gasteiger partial charge in [0.2, 0.25) is 0 Å². The van der Waals surface area contributed by atoms with Gasteiger partial charge in [0.1, 0.15) is 6.42 Å². The Bertz CT molecular complexity index is 564. The first kappa shape index (κ1) is 12.4. The molecule has 0 saturated heterocycles. The summed E-state index contributed by atoms with van der Waals surface area (Å²) < 4.78 is 4.34. The van der Waals surface area contributed by atoms with Crippen LogP contribution in [0.15, 0.2) is 17.1 Å². The maximum absolute atomic E-state index is 11.2. The van der Waals surface area contributed by atoms with Crippen LogP contribution in [0, 0.1) is 22.0 Å². The van der Waals surface area contributed by atoms with Crippen molar-refractivity contribution in [2.45, 2.75) is 6.42 Å². The predicted molar refractivity (Wildman–Crippen MR) is 57.2 cm³/mol. The van der Waals surface area contributed by atoms with Crippen LogP contribution in [-0.2, 0) is 9.53 Å². The zero-order valence-corrected chi connectivity index (χ0v) is 8.85. The van der Waals surface area contributed by atoms with Crippen molar-refractivity contribution in [2.75, 3.05) is 7.11 Å². The lowest BCUT2D eigenvalue weighted by Gasteiger charge is -1.92. The van der Waals surface area contributed by atoms with Crippen molar-refractivity contribution in [3.8, 4) is 11.8 Å². The second-order valence-corrected chi connectivity index (χ2v) is 2.91. The Hall–Kier alpha value is -2.62. The molecule has 0 unspecified atom stereocenters. The highest BCUT2D eigenvalue weighted by Gasteiger charge is 2.07. The molecule has 7 nitrogen and oxygen atoms in total. The van der Waals surface area contributed by atoms with E-state index < -0.39 is 16.5 Å². The van der Waals surface area contributed by atoms with Crippen molar-refractivity contribution in [2.24, 2.45) is 0 Å². The third-order valence-corrected chi connectivity index (χ3v) is 1.78. The van der Waals surface area contributed by atoms with E-state index in [0.717, 1.165) is 12.3 Å². The normalized spacial score (nSPS) is 9.00. The molecule has 1 aromatic rings. The highest BCUT2D eigenvalue weighted by molar-refractivity contribution is 5.72. The van der Waals surface area contributed by atoms with Crippen molar-refractivity contribution in [1.82, 2.24) is 4.98 Å². The molecule has 17 heavy (non-hydrogen) atoms. The Labute approximate surface area is 95.6 Å². The zero-order valence-electron chi connectivity index (χ0n) is 8.85. The van der Waals surface area contributed by atoms with E-state index >= 15 is 0 Å². The average Bonchev–Trinajstić information content (AvgIpc) is 2.30. The first-order chi connectivity index (χ1) is 8.04. The number of rotatable bonds is 2. The molecule has 0 aliphatic heterocycles. The fraction of sp³-hybridized carbons (Fsp3) is 0.200. The zero-order chi connectivity index (χ0) is 12.8. The maximum Gasteiger partial charge on any atom is 0.317 e. The molecular weight excluding hydrogens is 228 g/mol. The number of carbonyl (C=O) groups excluding carboxylic acids is 1. The average molecular weight is 236 g/mol. The van der Waals surface area contributed by atoms with Crippen LogP contribution in [-0.4, -0.2) is 23.0 Å². The largest absolute Gasteiger partial charge is 0.468 e. The van der Waals surface area contributed by atoms with Crippen LogP contribution in [0.5, 0.6) is 0 Å². The Kier molecular flexibility index (Phi) is 4.00. The molecule has 0 spiro atoms. The smallest absolute Gasteiger partial charge is 0.317 e. The van der Waals surface area contributed by atoms with Gasteiger partial charge >= 0.3 is 5.97 Å². The highest BCUT2D eigenvalue weighted by Crippen LogP contribution is 2.07. The number of aromatic nitrogens is 1. The summed E-state index contributed by atoms with van der Waals surface area (Å²) in [6, 6.07) is 1.04. The van der Waals surface area contributed by atoms with E-state index in [-0.39, 0.29) is 17.7 Å². The van der Waals surface area contributed by atoms with Gasteiger partial charge < -0.3 is 9.72 Å². The summed E-state index contributed by atoms with van der Waals surface area (Å²) in [5.41, 5.74) is -0.886. The van der Waals surface area contributed by atoms with Crippen molar-refractivity contribution in [3.05, 3.63) is 38.3 Å². The first-order valence-corrected chi connectivity index (χ1v) is 4.47. The monoisotopic (exact) mass is 236 g/mol. The molecule has 0 aromatic carbocycles. The summed E-state index contributed by atoms with van der Waals surface area (Å²) in [5, 5.41) is 10.5. The number of hydrogen-bond acceptors (Lipinski definition) is 5. The fourth-order valence-corrected chi connectivity index (χ4v) is 0.954. The molecular formula is C10H8N2O5. The quantitative estimate of drug-likeness (QED) is 0.342. The van der Waals surface area contributed by atoms with E-state index in [0.29, 0.717) is 0 Å². The lowest BCUT2D eigenvalue weighted by Crippen LogP contribution is -2.10. The molecule has 88 valence electrons. The van der Waals surface area contributed by atoms with Crippen LogP contribution in [0.1, 0.15) is 12.0 Å². The topological polar surface area (TPSA) is 102 Å². The molecule has 0 bridgehead atoms. The van der Waals surface area contributed by atoms with E-state index in [2.05, 4.69) is 21.6 Å². The summed E-state index contributed by atoms with van der Waals surface area (Å²) in [6.07, 6.45) is 0.798. The standard InChI is InChI=1S/C10H8N2O5/c1-17-9(13)4-2-3-7-5-8(12(15)16)6-11-10(7)14/h5-6H,4H2,1H3,(H,11,14). The van der Waals surface area contributed by atoms with Crippen LogP contribution in [0.3, 0.4) is 0 Å². The van der Waals surface area contributed by atoms with Crippen molar-refractivity contribution in [1.29, 1.82) is 0 Å². The second kappa shape index (κ2) is 5.46. The fourth-order valence-electron chi connectivity index (χ4n) is 0.954. The van der Waals surface area contributed by atoms with Gasteiger partial charge in [-0.05, 0) is 0 Å². The van der Waals surface area contributed by atoms with Gasteiger partial charge in [-0.25, -0.2) is 0 Å². The molecule has 1 N–H and O–H groups in total. The number of esters is 1. The summed E-state index contributed by atoms with van der Waals surface area (Å²) in [4.78, 5) is 34.0. The van der Waals surface area contributed by atoms with Gasteiger partial charge in [-0.2, -0.15) is 0 Å². The van der Waals surface area contributed by atoms with Gasteiger partial charge in [-0.15, -0.1) is 0 Å². The summed E-state index contributed by atoms with van der Waals surface area (Å²) >= 11 is 0. The number of pyridine rings is 1. The van der Waals surface area contributed by atoms with Gasteiger partial charge in [0, 0.05) is 6.07 Å². The number of aromatic amines is 1. The minimum absolute atomic E-state index is 0.0666. The Morgan fingerprint density at radius 1 is 1.65 bits per heavy atom. The third kappa shape index (κ3) is 3.46. The van der Waals surface area contributed by atoms with Crippen molar-refractivity contribution >= 4 is 11.7 Å². The predicted octanol–water partition coefficient (Wildman–Crippen LogP) is 0.198. The number of H-pyrrole nitrogens is 1. The van der Waals surface area contributed by atoms with E-state index in [1.165, 1.54) is 7.11 Å². The van der Waals surface area contributed by atoms with Crippen LogP contribution in [0.4, 0.5) is 5.69 Å². The molecule has 1 rings (SSSR count). The van der Waals surface area contributed by atoms with Crippen molar-refractivity contribution in [3.63, 3.8) is 0 Å². The molecule has 0 aliphatic carbocycles. The van der Waals surface area contributed by atoms with E-state index in [9.17, 15) is 19.7 Å². The molecule has 1 heterocycles. The minimum atomic E-state index is -0.651. The number of methoxy groups -OCH3 is 1. The summed E-state index contributed by atoms with van der Waals surface area (Å²) in [6.45, 7) is 0. The lowest BCUT2D eigenvalue weighted by molar-refractivity contribution is -0.385. The summed E-state index contributed by atoms with van der Waals surface area (Å²) in [7, 11) is 1.21. The maximum atomic E-state index is 11.2. The Morgan fingerprint density at radius 2 is 2.35 bits per heavy atom. The SMILES string of the molecule is COC(=O)CC#Cc1cc([N+](=O)[O-])c[nH]c1=O. The van der Waals surface area contributed by atoms with E-state index in [1.54, 1.807) is 0 Å². The molecule has 0 atom stereocenters. The van der Waals surface area contributed by atoms with Crippen LogP contribution >= 0.6 is 0 Å². The molecule has 0 aliphatic rings. The molecule has 7 heteroatoms. The number of ether oxygens (including phenoxy) is 1. The molecule has 0 radical (unpaired) electrons. The highest BCUT2D eigenvalue weighted by atomic mass is 16.6. The van der Waals surface area contributed by atoms with Gasteiger partial charge in [0.05, 0.1) is 23.8 Å². The van der Waals surface area contributed by atoms with Crippen molar-refractivity contribution < 1.29 is 14.5 Å². The Balaban J connectivity index is 2.97. The van der Waals surface area contributed by atoms with Gasteiger partial charge in [0.15, 0.2) is 0 Å². The van der Waals surface area contributed by atoms with Gasteiger partial charge in [-0.3, -0.25) is 19.7 Å². The number of carbonyl (C=O) groups is 1. The number of nitrogens with zero attached hydrogens (tertiary/aromatic N) is 1. The summed E-state index contributed by atoms with van der Waals surface area (Å²) in [5.74, 6) is 4.22. The number of nitro groups is 1. The Morgan fingerprint density at radius 3 is 2.94 bits per heavy atom. The molecule has 0 fully saturated rings. The second-order valence-electron chi connectivity index (χ2n) is 2.91. The lowest BCUT2D eigenvalue weighted by atomic mass is 10.2. The van der Waals surface area contributed by atoms with Gasteiger partial charge in [0.25, 0.3) is 11.2 Å². The molecule has 1 aromatic heterocycles. The van der Waals surface area contributed by atoms with E-state index in [4.69, 9.17) is 0 Å². The van der Waals surface area contributed by atoms with Crippen LogP contribution in [0.25, 0.3) is 0 Å².